The van der Waals surface area contributed by atoms with E-state index in [1.54, 1.807) is 38.3 Å². The molecule has 3 N–H and O–H groups in total. The summed E-state index contributed by atoms with van der Waals surface area (Å²) in [5, 5.41) is 13.3. The molecule has 2 atom stereocenters. The normalized spacial score (nSPS) is 19.1. The first-order chi connectivity index (χ1) is 17.8. The monoisotopic (exact) mass is 564 g/mol. The SMILES string of the molecule is CO[C@H](C)[C@H](NC(=O)Nc1ccc(Cl)cc1)C(=O)N1CCC(C2CCN(C)CC2)CC1.O=C(O)C(F)(F)F. The molecule has 0 radical (unpaired) electrons. The van der Waals surface area contributed by atoms with E-state index in [9.17, 15) is 22.8 Å². The highest BCUT2D eigenvalue weighted by Crippen LogP contribution is 2.32. The molecule has 2 aliphatic rings. The number of hydrogen-bond donors (Lipinski definition) is 3. The molecule has 0 aliphatic carbocycles. The number of likely N-dealkylation sites (tertiary alicyclic amines) is 2. The fraction of sp³-hybridized carbons (Fsp3) is 0.640. The Labute approximate surface area is 225 Å². The number of aliphatic carboxylic acids is 1. The maximum Gasteiger partial charge on any atom is 0.490 e. The molecule has 9 nitrogen and oxygen atoms in total. The van der Waals surface area contributed by atoms with Crippen molar-refractivity contribution in [3.63, 3.8) is 0 Å². The molecule has 1 aromatic carbocycles. The predicted molar refractivity (Wildman–Crippen MR) is 137 cm³/mol. The van der Waals surface area contributed by atoms with Gasteiger partial charge in [0, 0.05) is 30.9 Å². The van der Waals surface area contributed by atoms with Crippen molar-refractivity contribution in [3.05, 3.63) is 29.3 Å². The maximum atomic E-state index is 13.2. The number of alkyl halides is 3. The van der Waals surface area contributed by atoms with Crippen LogP contribution in [0.15, 0.2) is 24.3 Å². The first kappa shape index (κ1) is 31.6. The van der Waals surface area contributed by atoms with E-state index >= 15 is 0 Å². The summed E-state index contributed by atoms with van der Waals surface area (Å²) in [6.45, 7) is 5.62. The molecule has 13 heteroatoms. The summed E-state index contributed by atoms with van der Waals surface area (Å²) in [6.07, 6.45) is -0.943. The summed E-state index contributed by atoms with van der Waals surface area (Å²) in [5.41, 5.74) is 0.608. The highest BCUT2D eigenvalue weighted by Gasteiger charge is 2.38. The standard InChI is InChI=1S/C23H35ClN4O3.C2HF3O2/c1-16(31-3)21(26-23(30)25-20-6-4-19(24)5-7-20)22(29)28-14-10-18(11-15-28)17-8-12-27(2)13-9-17;3-2(4,5)1(6)7/h4-7,16-18,21H,8-15H2,1-3H3,(H2,25,26,30);(H,6,7)/t16-,21+;/m1./s1. The molecule has 0 spiro atoms. The Bertz CT molecular complexity index is 919. The Kier molecular flexibility index (Phi) is 12.1. The van der Waals surface area contributed by atoms with Gasteiger partial charge in [0.25, 0.3) is 0 Å². The molecule has 3 amide bonds. The van der Waals surface area contributed by atoms with Crippen LogP contribution >= 0.6 is 11.6 Å². The van der Waals surface area contributed by atoms with Crippen LogP contribution in [-0.4, -0.2) is 91.5 Å². The number of nitrogens with zero attached hydrogens (tertiary/aromatic N) is 2. The zero-order valence-corrected chi connectivity index (χ0v) is 22.5. The quantitative estimate of drug-likeness (QED) is 0.480. The number of amides is 3. The van der Waals surface area contributed by atoms with Crippen molar-refractivity contribution >= 4 is 35.2 Å². The molecule has 214 valence electrons. The van der Waals surface area contributed by atoms with E-state index in [0.717, 1.165) is 31.8 Å². The second-order valence-corrected chi connectivity index (χ2v) is 10.1. The van der Waals surface area contributed by atoms with Crippen LogP contribution in [-0.2, 0) is 14.3 Å². The average Bonchev–Trinajstić information content (AvgIpc) is 2.88. The van der Waals surface area contributed by atoms with Gasteiger partial charge in [0.2, 0.25) is 5.91 Å². The lowest BCUT2D eigenvalue weighted by Gasteiger charge is -2.40. The summed E-state index contributed by atoms with van der Waals surface area (Å²) in [7, 11) is 3.74. The molecule has 0 bridgehead atoms. The van der Waals surface area contributed by atoms with Gasteiger partial charge in [0.15, 0.2) is 0 Å². The topological polar surface area (TPSA) is 111 Å². The molecular weight excluding hydrogens is 529 g/mol. The van der Waals surface area contributed by atoms with E-state index in [-0.39, 0.29) is 5.91 Å². The summed E-state index contributed by atoms with van der Waals surface area (Å²) in [4.78, 5) is 38.9. The number of ether oxygens (including phenoxy) is 1. The lowest BCUT2D eigenvalue weighted by Crippen LogP contribution is -2.56. The third kappa shape index (κ3) is 9.95. The van der Waals surface area contributed by atoms with Crippen molar-refractivity contribution in [2.75, 3.05) is 45.7 Å². The van der Waals surface area contributed by atoms with E-state index in [1.807, 2.05) is 4.90 Å². The van der Waals surface area contributed by atoms with Crippen LogP contribution in [0.3, 0.4) is 0 Å². The highest BCUT2D eigenvalue weighted by molar-refractivity contribution is 6.30. The number of rotatable bonds is 6. The predicted octanol–water partition coefficient (Wildman–Crippen LogP) is 4.08. The fourth-order valence-corrected chi connectivity index (χ4v) is 4.77. The number of piperidine rings is 2. The van der Waals surface area contributed by atoms with Gasteiger partial charge in [0.1, 0.15) is 6.04 Å². The molecule has 0 aromatic heterocycles. The van der Waals surface area contributed by atoms with Gasteiger partial charge in [-0.25, -0.2) is 9.59 Å². The molecule has 3 rings (SSSR count). The Hall–Kier alpha value is -2.57. The number of carbonyl (C=O) groups is 3. The largest absolute Gasteiger partial charge is 0.490 e. The minimum absolute atomic E-state index is 0.0811. The first-order valence-electron chi connectivity index (χ1n) is 12.4. The highest BCUT2D eigenvalue weighted by atomic mass is 35.5. The zero-order valence-electron chi connectivity index (χ0n) is 21.8. The Morgan fingerprint density at radius 3 is 1.95 bits per heavy atom. The van der Waals surface area contributed by atoms with Gasteiger partial charge in [-0.15, -0.1) is 0 Å². The fourth-order valence-electron chi connectivity index (χ4n) is 4.65. The lowest BCUT2D eigenvalue weighted by molar-refractivity contribution is -0.192. The minimum Gasteiger partial charge on any atom is -0.475 e. The van der Waals surface area contributed by atoms with Crippen LogP contribution in [0.4, 0.5) is 23.7 Å². The molecular formula is C25H36ClF3N4O5. The minimum atomic E-state index is -5.08. The zero-order chi connectivity index (χ0) is 28.5. The van der Waals surface area contributed by atoms with E-state index in [0.29, 0.717) is 16.6 Å². The number of anilines is 1. The van der Waals surface area contributed by atoms with Crippen molar-refractivity contribution in [1.29, 1.82) is 0 Å². The number of methoxy groups -OCH3 is 1. The molecule has 0 unspecified atom stereocenters. The molecule has 2 heterocycles. The van der Waals surface area contributed by atoms with Gasteiger partial charge in [-0.2, -0.15) is 13.2 Å². The first-order valence-corrected chi connectivity index (χ1v) is 12.8. The van der Waals surface area contributed by atoms with Crippen LogP contribution < -0.4 is 10.6 Å². The average molecular weight is 565 g/mol. The third-order valence-electron chi connectivity index (χ3n) is 7.02. The van der Waals surface area contributed by atoms with Crippen molar-refractivity contribution in [2.24, 2.45) is 11.8 Å². The lowest BCUT2D eigenvalue weighted by atomic mass is 9.79. The van der Waals surface area contributed by atoms with Gasteiger partial charge in [-0.1, -0.05) is 11.6 Å². The smallest absolute Gasteiger partial charge is 0.475 e. The number of carbonyl (C=O) groups excluding carboxylic acids is 2. The van der Waals surface area contributed by atoms with Crippen LogP contribution in [0.25, 0.3) is 0 Å². The maximum absolute atomic E-state index is 13.2. The second-order valence-electron chi connectivity index (χ2n) is 9.63. The van der Waals surface area contributed by atoms with Gasteiger partial charge >= 0.3 is 18.2 Å². The summed E-state index contributed by atoms with van der Waals surface area (Å²) < 4.78 is 37.1. The molecule has 0 saturated carbocycles. The number of urea groups is 1. The molecule has 1 aromatic rings. The molecule has 2 saturated heterocycles. The van der Waals surface area contributed by atoms with E-state index in [1.165, 1.54) is 25.9 Å². The van der Waals surface area contributed by atoms with E-state index in [4.69, 9.17) is 26.2 Å². The van der Waals surface area contributed by atoms with Crippen molar-refractivity contribution in [3.8, 4) is 0 Å². The van der Waals surface area contributed by atoms with Gasteiger partial charge in [-0.3, -0.25) is 4.79 Å². The molecule has 38 heavy (non-hydrogen) atoms. The number of hydrogen-bond acceptors (Lipinski definition) is 5. The van der Waals surface area contributed by atoms with Gasteiger partial charge in [0.05, 0.1) is 6.10 Å². The number of benzene rings is 1. The third-order valence-corrected chi connectivity index (χ3v) is 7.27. The van der Waals surface area contributed by atoms with E-state index in [2.05, 4.69) is 22.6 Å². The van der Waals surface area contributed by atoms with Crippen molar-refractivity contribution < 1.29 is 37.4 Å². The Morgan fingerprint density at radius 2 is 1.50 bits per heavy atom. The summed E-state index contributed by atoms with van der Waals surface area (Å²) in [6, 6.07) is 5.65. The van der Waals surface area contributed by atoms with Gasteiger partial charge < -0.3 is 30.3 Å². The molecule has 2 aliphatic heterocycles. The van der Waals surface area contributed by atoms with Crippen LogP contribution in [0.2, 0.25) is 5.02 Å². The summed E-state index contributed by atoms with van der Waals surface area (Å²) >= 11 is 5.89. The van der Waals surface area contributed by atoms with Crippen LogP contribution in [0.5, 0.6) is 0 Å². The Balaban J connectivity index is 0.000000638. The van der Waals surface area contributed by atoms with Crippen LogP contribution in [0.1, 0.15) is 32.6 Å². The van der Waals surface area contributed by atoms with Gasteiger partial charge in [-0.05, 0) is 88.8 Å². The second kappa shape index (κ2) is 14.5. The van der Waals surface area contributed by atoms with Crippen molar-refractivity contribution in [1.82, 2.24) is 15.1 Å². The van der Waals surface area contributed by atoms with Crippen LogP contribution in [0, 0.1) is 11.8 Å². The number of nitrogens with one attached hydrogen (secondary N) is 2. The number of halogens is 4. The van der Waals surface area contributed by atoms with E-state index < -0.39 is 30.3 Å². The number of carboxylic acid groups (broad SMARTS) is 1. The summed E-state index contributed by atoms with van der Waals surface area (Å²) in [5.74, 6) is -1.38. The van der Waals surface area contributed by atoms with Crippen molar-refractivity contribution in [2.45, 2.75) is 50.9 Å². The Morgan fingerprint density at radius 1 is 1.03 bits per heavy atom. The molecule has 2 fully saturated rings. The number of carboxylic acids is 1.